The number of imidazole rings is 1. The van der Waals surface area contributed by atoms with Crippen LogP contribution in [0.25, 0.3) is 21.9 Å². The molecule has 2 aromatic carbocycles. The van der Waals surface area contributed by atoms with Gasteiger partial charge in [-0.15, -0.1) is 11.8 Å². The number of hydrogen-bond donors (Lipinski definition) is 1. The molecule has 0 radical (unpaired) electrons. The number of nitriles is 1. The van der Waals surface area contributed by atoms with Crippen molar-refractivity contribution in [3.8, 4) is 6.07 Å². The molecule has 0 aliphatic carbocycles. The van der Waals surface area contributed by atoms with E-state index in [9.17, 15) is 5.26 Å². The van der Waals surface area contributed by atoms with Gasteiger partial charge in [0.1, 0.15) is 16.7 Å². The highest BCUT2D eigenvalue weighted by Crippen LogP contribution is 2.32. The van der Waals surface area contributed by atoms with Crippen molar-refractivity contribution < 1.29 is 0 Å². The number of hydrogen-bond acceptors (Lipinski definition) is 5. The van der Waals surface area contributed by atoms with Gasteiger partial charge in [0.15, 0.2) is 0 Å². The number of aromatic nitrogens is 3. The van der Waals surface area contributed by atoms with E-state index in [1.165, 1.54) is 11.8 Å². The molecule has 0 spiro atoms. The van der Waals surface area contributed by atoms with Crippen molar-refractivity contribution in [1.82, 2.24) is 14.5 Å². The number of para-hydroxylation sites is 3. The van der Waals surface area contributed by atoms with Crippen LogP contribution in [0, 0.1) is 11.3 Å². The maximum absolute atomic E-state index is 9.66. The summed E-state index contributed by atoms with van der Waals surface area (Å²) in [5.41, 5.74) is 4.45. The van der Waals surface area contributed by atoms with Gasteiger partial charge >= 0.3 is 0 Å². The smallest absolute Gasteiger partial charge is 0.116 e. The molecular weight excluding hydrogens is 342 g/mol. The fourth-order valence-corrected chi connectivity index (χ4v) is 3.66. The number of thioether (sulfide) groups is 1. The van der Waals surface area contributed by atoms with E-state index in [1.807, 2.05) is 55.0 Å². The molecule has 0 unspecified atom stereocenters. The number of pyridine rings is 1. The monoisotopic (exact) mass is 359 g/mol. The Hall–Kier alpha value is -3.04. The fourth-order valence-electron chi connectivity index (χ4n) is 3.11. The Morgan fingerprint density at radius 3 is 2.69 bits per heavy atom. The van der Waals surface area contributed by atoms with Gasteiger partial charge in [0, 0.05) is 18.5 Å². The molecule has 128 valence electrons. The van der Waals surface area contributed by atoms with Crippen molar-refractivity contribution in [3.63, 3.8) is 0 Å². The van der Waals surface area contributed by atoms with Gasteiger partial charge in [-0.25, -0.2) is 9.97 Å². The van der Waals surface area contributed by atoms with Crippen LogP contribution in [0.2, 0.25) is 0 Å². The Bertz CT molecular complexity index is 1130. The number of anilines is 1. The molecule has 5 nitrogen and oxygen atoms in total. The zero-order valence-electron chi connectivity index (χ0n) is 14.3. The van der Waals surface area contributed by atoms with Crippen LogP contribution in [0.4, 0.5) is 5.69 Å². The minimum absolute atomic E-state index is 0.603. The van der Waals surface area contributed by atoms with E-state index in [0.29, 0.717) is 12.1 Å². The first-order chi connectivity index (χ1) is 12.8. The quantitative estimate of drug-likeness (QED) is 0.539. The van der Waals surface area contributed by atoms with Crippen molar-refractivity contribution >= 4 is 39.4 Å². The first kappa shape index (κ1) is 16.4. The third-order valence-electron chi connectivity index (χ3n) is 4.35. The molecule has 0 saturated heterocycles. The van der Waals surface area contributed by atoms with Gasteiger partial charge in [-0.2, -0.15) is 5.26 Å². The third kappa shape index (κ3) is 2.87. The molecule has 0 saturated carbocycles. The molecule has 2 heterocycles. The number of rotatable bonds is 5. The summed E-state index contributed by atoms with van der Waals surface area (Å²) < 4.78 is 2.12. The second-order valence-electron chi connectivity index (χ2n) is 5.85. The standard InChI is InChI=1S/C20H17N5S/c1-26-20-15(12-21)19(14-6-2-3-7-16(14)24-20)22-10-11-25-13-23-17-8-4-5-9-18(17)25/h2-9,13H,10-11H2,1H3,(H,22,24). The number of benzene rings is 2. The Balaban J connectivity index is 1.65. The summed E-state index contributed by atoms with van der Waals surface area (Å²) in [5.74, 6) is 0. The molecule has 26 heavy (non-hydrogen) atoms. The minimum Gasteiger partial charge on any atom is -0.382 e. The normalized spacial score (nSPS) is 10.9. The van der Waals surface area contributed by atoms with E-state index in [4.69, 9.17) is 0 Å². The van der Waals surface area contributed by atoms with Gasteiger partial charge in [-0.05, 0) is 24.5 Å². The molecule has 0 fully saturated rings. The number of nitrogens with zero attached hydrogens (tertiary/aromatic N) is 4. The maximum Gasteiger partial charge on any atom is 0.116 e. The molecular formula is C20H17N5S. The van der Waals surface area contributed by atoms with E-state index in [2.05, 4.69) is 32.0 Å². The summed E-state index contributed by atoms with van der Waals surface area (Å²) in [4.78, 5) is 9.03. The highest BCUT2D eigenvalue weighted by molar-refractivity contribution is 7.98. The van der Waals surface area contributed by atoms with E-state index in [0.717, 1.165) is 39.2 Å². The van der Waals surface area contributed by atoms with Gasteiger partial charge in [0.05, 0.1) is 28.6 Å². The third-order valence-corrected chi connectivity index (χ3v) is 5.03. The van der Waals surface area contributed by atoms with Gasteiger partial charge in [-0.3, -0.25) is 0 Å². The lowest BCUT2D eigenvalue weighted by Crippen LogP contribution is -2.11. The summed E-state index contributed by atoms with van der Waals surface area (Å²) >= 11 is 1.49. The molecule has 6 heteroatoms. The summed E-state index contributed by atoms with van der Waals surface area (Å²) in [5, 5.41) is 14.8. The minimum atomic E-state index is 0.603. The first-order valence-corrected chi connectivity index (χ1v) is 9.55. The molecule has 4 rings (SSSR count). The lowest BCUT2D eigenvalue weighted by atomic mass is 10.1. The van der Waals surface area contributed by atoms with Crippen LogP contribution in [0.5, 0.6) is 0 Å². The highest BCUT2D eigenvalue weighted by Gasteiger charge is 2.14. The lowest BCUT2D eigenvalue weighted by Gasteiger charge is -2.14. The average molecular weight is 359 g/mol. The summed E-state index contributed by atoms with van der Waals surface area (Å²) in [6.07, 6.45) is 3.80. The number of nitrogens with one attached hydrogen (secondary N) is 1. The SMILES string of the molecule is CSc1nc2ccccc2c(NCCn2cnc3ccccc32)c1C#N. The van der Waals surface area contributed by atoms with E-state index in [-0.39, 0.29) is 0 Å². The van der Waals surface area contributed by atoms with Crippen LogP contribution in [-0.2, 0) is 6.54 Å². The Morgan fingerprint density at radius 2 is 1.88 bits per heavy atom. The van der Waals surface area contributed by atoms with E-state index < -0.39 is 0 Å². The largest absolute Gasteiger partial charge is 0.382 e. The first-order valence-electron chi connectivity index (χ1n) is 8.32. The molecule has 1 N–H and O–H groups in total. The van der Waals surface area contributed by atoms with Crippen molar-refractivity contribution in [2.24, 2.45) is 0 Å². The summed E-state index contributed by atoms with van der Waals surface area (Å²) in [6, 6.07) is 18.3. The average Bonchev–Trinajstić information content (AvgIpc) is 3.10. The van der Waals surface area contributed by atoms with Gasteiger partial charge in [0.25, 0.3) is 0 Å². The van der Waals surface area contributed by atoms with E-state index in [1.54, 1.807) is 0 Å². The van der Waals surface area contributed by atoms with Gasteiger partial charge < -0.3 is 9.88 Å². The summed E-state index contributed by atoms with van der Waals surface area (Å²) in [7, 11) is 0. The zero-order chi connectivity index (χ0) is 17.9. The van der Waals surface area contributed by atoms with Crippen LogP contribution in [0.15, 0.2) is 59.9 Å². The molecule has 0 amide bonds. The van der Waals surface area contributed by atoms with Crippen molar-refractivity contribution in [3.05, 3.63) is 60.4 Å². The lowest BCUT2D eigenvalue weighted by molar-refractivity contribution is 0.749. The Labute approximate surface area is 155 Å². The maximum atomic E-state index is 9.66. The van der Waals surface area contributed by atoms with Crippen LogP contribution in [0.3, 0.4) is 0 Å². The Morgan fingerprint density at radius 1 is 1.12 bits per heavy atom. The topological polar surface area (TPSA) is 66.5 Å². The second-order valence-corrected chi connectivity index (χ2v) is 6.65. The van der Waals surface area contributed by atoms with Crippen LogP contribution >= 0.6 is 11.8 Å². The van der Waals surface area contributed by atoms with Crippen LogP contribution in [0.1, 0.15) is 5.56 Å². The van der Waals surface area contributed by atoms with Gasteiger partial charge in [0.2, 0.25) is 0 Å². The predicted octanol–water partition coefficient (Wildman–Crippen LogP) is 4.29. The fraction of sp³-hybridized carbons (Fsp3) is 0.150. The molecule has 0 aliphatic heterocycles. The molecule has 2 aromatic heterocycles. The second kappa shape index (κ2) is 7.06. The van der Waals surface area contributed by atoms with Crippen LogP contribution in [-0.4, -0.2) is 27.3 Å². The Kier molecular flexibility index (Phi) is 4.46. The zero-order valence-corrected chi connectivity index (χ0v) is 15.1. The molecule has 0 atom stereocenters. The van der Waals surface area contributed by atoms with Crippen molar-refractivity contribution in [2.45, 2.75) is 11.6 Å². The van der Waals surface area contributed by atoms with Gasteiger partial charge in [-0.1, -0.05) is 30.3 Å². The molecule has 0 aliphatic rings. The number of fused-ring (bicyclic) bond motifs is 2. The highest BCUT2D eigenvalue weighted by atomic mass is 32.2. The van der Waals surface area contributed by atoms with Crippen molar-refractivity contribution in [2.75, 3.05) is 18.1 Å². The summed E-state index contributed by atoms with van der Waals surface area (Å²) in [6.45, 7) is 1.45. The van der Waals surface area contributed by atoms with Crippen LogP contribution < -0.4 is 5.32 Å². The van der Waals surface area contributed by atoms with Crippen molar-refractivity contribution in [1.29, 1.82) is 5.26 Å². The predicted molar refractivity (Wildman–Crippen MR) is 106 cm³/mol. The molecule has 4 aromatic rings. The van der Waals surface area contributed by atoms with E-state index >= 15 is 0 Å². The molecule has 0 bridgehead atoms.